The second kappa shape index (κ2) is 7.02. The van der Waals surface area contributed by atoms with Gasteiger partial charge in [-0.2, -0.15) is 0 Å². The zero-order chi connectivity index (χ0) is 10.2. The van der Waals surface area contributed by atoms with Crippen molar-refractivity contribution in [2.45, 2.75) is 38.6 Å². The summed E-state index contributed by atoms with van der Waals surface area (Å²) in [6, 6.07) is 0.729. The van der Waals surface area contributed by atoms with Gasteiger partial charge in [0, 0.05) is 19.1 Å². The molecule has 1 fully saturated rings. The third-order valence-electron chi connectivity index (χ3n) is 2.86. The molecule has 0 spiro atoms. The van der Waals surface area contributed by atoms with Crippen LogP contribution in [0, 0.1) is 0 Å². The highest BCUT2D eigenvalue weighted by Gasteiger charge is 2.16. The molecule has 1 heterocycles. The molecule has 2 heteroatoms. The molecule has 1 N–H and O–H groups in total. The zero-order valence-corrected chi connectivity index (χ0v) is 9.47. The fourth-order valence-electron chi connectivity index (χ4n) is 2.05. The van der Waals surface area contributed by atoms with E-state index < -0.39 is 0 Å². The van der Waals surface area contributed by atoms with E-state index >= 15 is 0 Å². The number of hydrogen-bond donors (Lipinski definition) is 1. The largest absolute Gasteiger partial charge is 0.313 e. The average Bonchev–Trinajstić information content (AvgIpc) is 2.67. The van der Waals surface area contributed by atoms with Gasteiger partial charge in [0.25, 0.3) is 0 Å². The minimum atomic E-state index is 0.729. The molecule has 0 aromatic heterocycles. The monoisotopic (exact) mass is 196 g/mol. The quantitative estimate of drug-likeness (QED) is 0.627. The molecule has 1 saturated heterocycles. The molecule has 0 saturated carbocycles. The van der Waals surface area contributed by atoms with Crippen molar-refractivity contribution in [2.24, 2.45) is 0 Å². The number of unbranched alkanes of at least 4 members (excludes halogenated alkanes) is 1. The molecule has 0 aromatic rings. The molecule has 0 bridgehead atoms. The second-order valence-electron chi connectivity index (χ2n) is 4.20. The van der Waals surface area contributed by atoms with Crippen LogP contribution in [0.2, 0.25) is 0 Å². The predicted octanol–water partition coefficient (Wildman–Crippen LogP) is 2.03. The van der Waals surface area contributed by atoms with Gasteiger partial charge in [-0.1, -0.05) is 19.4 Å². The first-order valence-electron chi connectivity index (χ1n) is 5.93. The summed E-state index contributed by atoms with van der Waals surface area (Å²) in [5.74, 6) is 0. The summed E-state index contributed by atoms with van der Waals surface area (Å²) in [7, 11) is 0. The summed E-state index contributed by atoms with van der Waals surface area (Å²) >= 11 is 0. The van der Waals surface area contributed by atoms with E-state index in [1.54, 1.807) is 0 Å². The molecule has 1 atom stereocenters. The summed E-state index contributed by atoms with van der Waals surface area (Å²) in [4.78, 5) is 2.51. The van der Waals surface area contributed by atoms with Crippen molar-refractivity contribution in [3.05, 3.63) is 12.7 Å². The Morgan fingerprint density at radius 2 is 2.43 bits per heavy atom. The fourth-order valence-corrected chi connectivity index (χ4v) is 2.05. The van der Waals surface area contributed by atoms with E-state index in [9.17, 15) is 0 Å². The Hall–Kier alpha value is -0.340. The van der Waals surface area contributed by atoms with Crippen molar-refractivity contribution < 1.29 is 0 Å². The van der Waals surface area contributed by atoms with Gasteiger partial charge < -0.3 is 5.32 Å². The smallest absolute Gasteiger partial charge is 0.0195 e. The Labute approximate surface area is 88.4 Å². The van der Waals surface area contributed by atoms with Gasteiger partial charge in [0.2, 0.25) is 0 Å². The Bertz CT molecular complexity index is 150. The molecule has 1 aliphatic rings. The van der Waals surface area contributed by atoms with E-state index in [0.29, 0.717) is 0 Å². The van der Waals surface area contributed by atoms with E-state index in [-0.39, 0.29) is 0 Å². The molecule has 1 rings (SSSR count). The van der Waals surface area contributed by atoms with Crippen LogP contribution in [0.25, 0.3) is 0 Å². The van der Waals surface area contributed by atoms with Crippen molar-refractivity contribution in [3.8, 4) is 0 Å². The molecule has 0 radical (unpaired) electrons. The van der Waals surface area contributed by atoms with Crippen LogP contribution < -0.4 is 5.32 Å². The highest BCUT2D eigenvalue weighted by molar-refractivity contribution is 4.81. The summed E-state index contributed by atoms with van der Waals surface area (Å²) in [5.41, 5.74) is 0. The first-order chi connectivity index (χ1) is 6.86. The Kier molecular flexibility index (Phi) is 5.88. The molecular weight excluding hydrogens is 172 g/mol. The van der Waals surface area contributed by atoms with Crippen LogP contribution in [-0.4, -0.2) is 37.1 Å². The molecule has 1 unspecified atom stereocenters. The van der Waals surface area contributed by atoms with Crippen LogP contribution >= 0.6 is 0 Å². The van der Waals surface area contributed by atoms with E-state index in [1.807, 2.05) is 6.08 Å². The number of rotatable bonds is 7. The third-order valence-corrected chi connectivity index (χ3v) is 2.86. The third kappa shape index (κ3) is 4.25. The van der Waals surface area contributed by atoms with Gasteiger partial charge >= 0.3 is 0 Å². The lowest BCUT2D eigenvalue weighted by molar-refractivity contribution is 0.269. The van der Waals surface area contributed by atoms with Crippen molar-refractivity contribution in [3.63, 3.8) is 0 Å². The highest BCUT2D eigenvalue weighted by atomic mass is 15.1. The van der Waals surface area contributed by atoms with E-state index in [0.717, 1.165) is 12.6 Å². The normalized spacial score (nSPS) is 21.7. The fraction of sp³-hybridized carbons (Fsp3) is 0.833. The van der Waals surface area contributed by atoms with Crippen LogP contribution in [0.1, 0.15) is 32.6 Å². The van der Waals surface area contributed by atoms with E-state index in [4.69, 9.17) is 0 Å². The highest BCUT2D eigenvalue weighted by Crippen LogP contribution is 2.07. The molecule has 0 aromatic carbocycles. The summed E-state index contributed by atoms with van der Waals surface area (Å²) in [5, 5.41) is 3.55. The first kappa shape index (κ1) is 11.7. The lowest BCUT2D eigenvalue weighted by atomic mass is 10.2. The maximum absolute atomic E-state index is 3.82. The average molecular weight is 196 g/mol. The minimum Gasteiger partial charge on any atom is -0.313 e. The predicted molar refractivity (Wildman–Crippen MR) is 62.6 cm³/mol. The van der Waals surface area contributed by atoms with E-state index in [1.165, 1.54) is 45.3 Å². The summed E-state index contributed by atoms with van der Waals surface area (Å²) in [6.45, 7) is 10.7. The molecule has 0 aliphatic carbocycles. The first-order valence-corrected chi connectivity index (χ1v) is 5.93. The van der Waals surface area contributed by atoms with Gasteiger partial charge in [-0.3, -0.25) is 4.90 Å². The van der Waals surface area contributed by atoms with Gasteiger partial charge in [-0.05, 0) is 32.4 Å². The topological polar surface area (TPSA) is 15.3 Å². The molecule has 2 nitrogen and oxygen atoms in total. The SMILES string of the molecule is C=CCN(CCCC)CC1CCCN1. The lowest BCUT2D eigenvalue weighted by Gasteiger charge is -2.24. The Balaban J connectivity index is 2.21. The molecule has 14 heavy (non-hydrogen) atoms. The van der Waals surface area contributed by atoms with Crippen LogP contribution in [-0.2, 0) is 0 Å². The second-order valence-corrected chi connectivity index (χ2v) is 4.20. The maximum atomic E-state index is 3.82. The van der Waals surface area contributed by atoms with Crippen LogP contribution in [0.5, 0.6) is 0 Å². The van der Waals surface area contributed by atoms with Crippen LogP contribution in [0.3, 0.4) is 0 Å². The Morgan fingerprint density at radius 3 is 3.00 bits per heavy atom. The summed E-state index contributed by atoms with van der Waals surface area (Å²) in [6.07, 6.45) is 7.30. The molecule has 82 valence electrons. The van der Waals surface area contributed by atoms with Gasteiger partial charge in [-0.15, -0.1) is 6.58 Å². The van der Waals surface area contributed by atoms with Crippen LogP contribution in [0.4, 0.5) is 0 Å². The van der Waals surface area contributed by atoms with Gasteiger partial charge in [0.15, 0.2) is 0 Å². The van der Waals surface area contributed by atoms with Gasteiger partial charge in [0.05, 0.1) is 0 Å². The van der Waals surface area contributed by atoms with Gasteiger partial charge in [0.1, 0.15) is 0 Å². The molecule has 1 aliphatic heterocycles. The summed E-state index contributed by atoms with van der Waals surface area (Å²) < 4.78 is 0. The molecular formula is C12H24N2. The van der Waals surface area contributed by atoms with Crippen molar-refractivity contribution in [1.29, 1.82) is 0 Å². The number of nitrogens with one attached hydrogen (secondary N) is 1. The molecule has 0 amide bonds. The van der Waals surface area contributed by atoms with Crippen molar-refractivity contribution >= 4 is 0 Å². The maximum Gasteiger partial charge on any atom is 0.0195 e. The lowest BCUT2D eigenvalue weighted by Crippen LogP contribution is -2.38. The minimum absolute atomic E-state index is 0.729. The van der Waals surface area contributed by atoms with Crippen molar-refractivity contribution in [2.75, 3.05) is 26.2 Å². The van der Waals surface area contributed by atoms with Crippen molar-refractivity contribution in [1.82, 2.24) is 10.2 Å². The van der Waals surface area contributed by atoms with Crippen LogP contribution in [0.15, 0.2) is 12.7 Å². The number of nitrogens with zero attached hydrogens (tertiary/aromatic N) is 1. The standard InChI is InChI=1S/C12H24N2/c1-3-5-10-14(9-4-2)11-12-7-6-8-13-12/h4,12-13H,2-3,5-11H2,1H3. The van der Waals surface area contributed by atoms with E-state index in [2.05, 4.69) is 23.7 Å². The Morgan fingerprint density at radius 1 is 1.57 bits per heavy atom. The zero-order valence-electron chi connectivity index (χ0n) is 9.47. The number of hydrogen-bond acceptors (Lipinski definition) is 2. The van der Waals surface area contributed by atoms with Gasteiger partial charge in [-0.25, -0.2) is 0 Å².